The molecule has 4 atom stereocenters. The van der Waals surface area contributed by atoms with Crippen LogP contribution >= 0.6 is 11.8 Å². The number of thioether (sulfide) groups is 1. The fourth-order valence-electron chi connectivity index (χ4n) is 3.53. The van der Waals surface area contributed by atoms with Crippen molar-refractivity contribution in [3.05, 3.63) is 63.7 Å². The molecule has 0 aromatic rings. The van der Waals surface area contributed by atoms with Crippen LogP contribution in [0.1, 0.15) is 20.3 Å². The molecule has 4 aliphatic rings. The van der Waals surface area contributed by atoms with Gasteiger partial charge in [-0.15, -0.1) is 11.8 Å². The van der Waals surface area contributed by atoms with E-state index in [2.05, 4.69) is 0 Å². The number of fused-ring (bicyclic) bond motifs is 1. The third-order valence-electron chi connectivity index (χ3n) is 4.98. The monoisotopic (exact) mass is 518 g/mol. The molecule has 4 rings (SSSR count). The van der Waals surface area contributed by atoms with Crippen LogP contribution in [0.2, 0.25) is 0 Å². The molecule has 9 heteroatoms. The third kappa shape index (κ3) is 9.10. The number of carbonyl (C=O) groups excluding carboxylic acids is 2. The molecule has 2 saturated heterocycles. The molecule has 2 aliphatic carbocycles. The second-order valence-electron chi connectivity index (χ2n) is 7.89. The number of methoxy groups -OCH3 is 1. The molecular weight excluding hydrogens is 488 g/mol. The molecule has 33 heavy (non-hydrogen) atoms. The number of esters is 1. The van der Waals surface area contributed by atoms with Crippen molar-refractivity contribution in [2.45, 2.75) is 50.7 Å². The SMILES string of the molecule is CO[C@H]1O[C@H](COC(=O)CSCCC(=O)[C]2[CH][CH][CH][CH]2)[C@@H]2OC(C)(C)O[C@H]12.[CH]1[CH][CH][CH][CH]1.[Fe+2]. The number of hydrogen-bond donors (Lipinski definition) is 0. The van der Waals surface area contributed by atoms with E-state index < -0.39 is 18.2 Å². The summed E-state index contributed by atoms with van der Waals surface area (Å²) in [5.41, 5.74) is 0. The van der Waals surface area contributed by atoms with Gasteiger partial charge in [-0.25, -0.2) is 0 Å². The van der Waals surface area contributed by atoms with Crippen molar-refractivity contribution in [2.75, 3.05) is 25.2 Å². The van der Waals surface area contributed by atoms with Gasteiger partial charge in [-0.3, -0.25) is 9.59 Å². The van der Waals surface area contributed by atoms with Gasteiger partial charge in [0.25, 0.3) is 0 Å². The fourth-order valence-corrected chi connectivity index (χ4v) is 4.25. The van der Waals surface area contributed by atoms with Crippen molar-refractivity contribution in [3.63, 3.8) is 0 Å². The van der Waals surface area contributed by atoms with Gasteiger partial charge in [0.15, 0.2) is 12.1 Å². The summed E-state index contributed by atoms with van der Waals surface area (Å²) < 4.78 is 28.0. The minimum atomic E-state index is -0.720. The Morgan fingerprint density at radius 1 is 1.00 bits per heavy atom. The first-order valence-corrected chi connectivity index (χ1v) is 11.7. The number of ether oxygens (including phenoxy) is 5. The molecular formula is C24H30FeO7S+2. The van der Waals surface area contributed by atoms with Crippen LogP contribution in [0.25, 0.3) is 0 Å². The average molecular weight is 518 g/mol. The Morgan fingerprint density at radius 2 is 1.61 bits per heavy atom. The predicted octanol–water partition coefficient (Wildman–Crippen LogP) is 2.54. The quantitative estimate of drug-likeness (QED) is 0.262. The van der Waals surface area contributed by atoms with Crippen molar-refractivity contribution >= 4 is 23.5 Å². The third-order valence-corrected chi connectivity index (χ3v) is 5.91. The minimum absolute atomic E-state index is 0. The van der Waals surface area contributed by atoms with Crippen molar-refractivity contribution in [1.82, 2.24) is 0 Å². The van der Waals surface area contributed by atoms with Gasteiger partial charge in [0, 0.05) is 25.2 Å². The van der Waals surface area contributed by atoms with Crippen LogP contribution in [0.15, 0.2) is 0 Å². The van der Waals surface area contributed by atoms with Crippen LogP contribution in [-0.2, 0) is 50.3 Å². The molecule has 7 nitrogen and oxygen atoms in total. The van der Waals surface area contributed by atoms with Crippen molar-refractivity contribution in [1.29, 1.82) is 0 Å². The fraction of sp³-hybridized carbons (Fsp3) is 0.500. The molecule has 2 heterocycles. The Balaban J connectivity index is 0.000000568. The molecule has 180 valence electrons. The molecule has 2 aliphatic heterocycles. The molecule has 0 N–H and O–H groups in total. The normalized spacial score (nSPS) is 30.3. The van der Waals surface area contributed by atoms with E-state index in [0.29, 0.717) is 18.1 Å². The summed E-state index contributed by atoms with van der Waals surface area (Å²) in [4.78, 5) is 23.8. The van der Waals surface area contributed by atoms with E-state index in [-0.39, 0.29) is 53.4 Å². The average Bonchev–Trinajstić information content (AvgIpc) is 3.55. The van der Waals surface area contributed by atoms with Crippen molar-refractivity contribution in [2.24, 2.45) is 0 Å². The van der Waals surface area contributed by atoms with E-state index >= 15 is 0 Å². The molecule has 0 aromatic heterocycles. The first-order chi connectivity index (χ1) is 15.4. The molecule has 2 saturated carbocycles. The molecule has 4 fully saturated rings. The van der Waals surface area contributed by atoms with Crippen molar-refractivity contribution < 1.29 is 50.3 Å². The molecule has 10 radical (unpaired) electrons. The van der Waals surface area contributed by atoms with E-state index in [1.807, 2.05) is 58.8 Å². The number of carbonyl (C=O) groups is 2. The van der Waals surface area contributed by atoms with Crippen LogP contribution in [0.5, 0.6) is 0 Å². The molecule has 0 unspecified atom stereocenters. The van der Waals surface area contributed by atoms with Crippen LogP contribution < -0.4 is 0 Å². The first-order valence-electron chi connectivity index (χ1n) is 10.6. The van der Waals surface area contributed by atoms with E-state index in [9.17, 15) is 9.59 Å². The van der Waals surface area contributed by atoms with Gasteiger partial charge in [0.2, 0.25) is 0 Å². The Labute approximate surface area is 213 Å². The Morgan fingerprint density at radius 3 is 2.21 bits per heavy atom. The summed E-state index contributed by atoms with van der Waals surface area (Å²) in [5, 5.41) is 0. The predicted molar refractivity (Wildman–Crippen MR) is 119 cm³/mol. The van der Waals surface area contributed by atoms with Crippen LogP contribution in [0, 0.1) is 63.7 Å². The molecule has 0 bridgehead atoms. The van der Waals surface area contributed by atoms with E-state index in [4.69, 9.17) is 23.7 Å². The molecule has 0 spiro atoms. The number of rotatable bonds is 9. The Hall–Kier alpha value is -0.151. The van der Waals surface area contributed by atoms with E-state index in [1.165, 1.54) is 18.9 Å². The van der Waals surface area contributed by atoms with E-state index in [1.54, 1.807) is 12.8 Å². The zero-order chi connectivity index (χ0) is 23.0. The van der Waals surface area contributed by atoms with Gasteiger partial charge >= 0.3 is 23.0 Å². The standard InChI is InChI=1S/C19H25O7S.C5H5.Fe/c1-19(2)25-16-14(24-18(22-3)17(16)26-19)10-23-15(21)11-27-9-8-13(20)12-6-4-5-7-12;1-2-4-5-3-1;/h4-7,14,16-18H,8-11H2,1-3H3;1-5H;/q;;+2/t14-,16+,17+,18+;;/m1../s1. The number of ketones is 1. The summed E-state index contributed by atoms with van der Waals surface area (Å²) in [6.45, 7) is 3.73. The van der Waals surface area contributed by atoms with Gasteiger partial charge in [-0.05, 0) is 71.6 Å². The summed E-state index contributed by atoms with van der Waals surface area (Å²) >= 11 is 1.38. The van der Waals surface area contributed by atoms with Crippen LogP contribution in [-0.4, -0.2) is 67.4 Å². The maximum Gasteiger partial charge on any atom is 2.00 e. The maximum absolute atomic E-state index is 12.0. The van der Waals surface area contributed by atoms with Crippen LogP contribution in [0.3, 0.4) is 0 Å². The summed E-state index contributed by atoms with van der Waals surface area (Å²) in [6, 6.07) is 0. The second kappa shape index (κ2) is 14.4. The number of hydrogen-bond acceptors (Lipinski definition) is 8. The topological polar surface area (TPSA) is 80.3 Å². The van der Waals surface area contributed by atoms with Gasteiger partial charge in [-0.2, -0.15) is 0 Å². The van der Waals surface area contributed by atoms with Gasteiger partial charge < -0.3 is 23.7 Å². The van der Waals surface area contributed by atoms with Gasteiger partial charge in [-0.1, -0.05) is 0 Å². The first kappa shape index (κ1) is 29.1. The Kier molecular flexibility index (Phi) is 12.7. The zero-order valence-corrected chi connectivity index (χ0v) is 20.9. The second-order valence-corrected chi connectivity index (χ2v) is 8.99. The summed E-state index contributed by atoms with van der Waals surface area (Å²) in [5.74, 6) is 0.479. The molecule has 0 amide bonds. The minimum Gasteiger partial charge on any atom is -0.462 e. The summed E-state index contributed by atoms with van der Waals surface area (Å²) in [6.07, 6.45) is 16.0. The maximum atomic E-state index is 12.0. The summed E-state index contributed by atoms with van der Waals surface area (Å²) in [7, 11) is 1.54. The zero-order valence-electron chi connectivity index (χ0n) is 19.0. The van der Waals surface area contributed by atoms with E-state index in [0.717, 1.165) is 0 Å². The van der Waals surface area contributed by atoms with Gasteiger partial charge in [0.05, 0.1) is 5.75 Å². The largest absolute Gasteiger partial charge is 2.00 e. The van der Waals surface area contributed by atoms with Crippen molar-refractivity contribution in [3.8, 4) is 0 Å². The molecule has 0 aromatic carbocycles. The smallest absolute Gasteiger partial charge is 0.462 e. The van der Waals surface area contributed by atoms with Crippen LogP contribution in [0.4, 0.5) is 0 Å². The Bertz CT molecular complexity index is 600. The van der Waals surface area contributed by atoms with Gasteiger partial charge in [0.1, 0.15) is 30.7 Å². The number of Topliss-reactive ketones (excluding diaryl/α,β-unsaturated/α-hetero) is 1.